The molecule has 1 aliphatic carbocycles. The number of aliphatic hydroxyl groups excluding tert-OH is 1. The zero-order valence-corrected chi connectivity index (χ0v) is 10.4. The van der Waals surface area contributed by atoms with Crippen molar-refractivity contribution < 1.29 is 9.84 Å². The van der Waals surface area contributed by atoms with Crippen LogP contribution in [0, 0.1) is 5.92 Å². The normalized spacial score (nSPS) is 19.6. The van der Waals surface area contributed by atoms with Gasteiger partial charge in [0.05, 0.1) is 13.2 Å². The molecule has 3 nitrogen and oxygen atoms in total. The predicted octanol–water partition coefficient (Wildman–Crippen LogP) is 3.09. The molecule has 0 radical (unpaired) electrons. The van der Waals surface area contributed by atoms with Gasteiger partial charge in [-0.2, -0.15) is 0 Å². The van der Waals surface area contributed by atoms with E-state index in [1.54, 1.807) is 13.3 Å². The molecule has 94 valence electrons. The number of nitrogens with zero attached hydrogens (tertiary/aromatic N) is 1. The van der Waals surface area contributed by atoms with Crippen LogP contribution in [0.15, 0.2) is 18.3 Å². The van der Waals surface area contributed by atoms with Crippen LogP contribution in [-0.2, 0) is 0 Å². The predicted molar refractivity (Wildman–Crippen MR) is 66.9 cm³/mol. The highest BCUT2D eigenvalue weighted by molar-refractivity contribution is 5.28. The maximum atomic E-state index is 10.5. The van der Waals surface area contributed by atoms with Gasteiger partial charge in [0.25, 0.3) is 0 Å². The lowest BCUT2D eigenvalue weighted by atomic mass is 9.90. The Morgan fingerprint density at radius 1 is 1.29 bits per heavy atom. The van der Waals surface area contributed by atoms with E-state index < -0.39 is 6.10 Å². The molecule has 0 bridgehead atoms. The van der Waals surface area contributed by atoms with Gasteiger partial charge < -0.3 is 9.84 Å². The maximum Gasteiger partial charge on any atom is 0.218 e. The van der Waals surface area contributed by atoms with Crippen LogP contribution in [0.1, 0.15) is 50.2 Å². The number of methoxy groups -OCH3 is 1. The van der Waals surface area contributed by atoms with E-state index >= 15 is 0 Å². The Labute approximate surface area is 103 Å². The van der Waals surface area contributed by atoms with Crippen molar-refractivity contribution in [2.45, 2.75) is 44.6 Å². The van der Waals surface area contributed by atoms with Crippen molar-refractivity contribution in [2.75, 3.05) is 7.11 Å². The molecule has 1 aliphatic rings. The summed E-state index contributed by atoms with van der Waals surface area (Å²) in [4.78, 5) is 4.15. The minimum atomic E-state index is -0.434. The number of aromatic nitrogens is 1. The standard InChI is InChI=1S/C14H21NO2/c1-17-14-12(9-6-10-15-14)13(16)11-7-4-2-3-5-8-11/h6,9-11,13,16H,2-5,7-8H2,1H3. The Bertz CT molecular complexity index is 346. The van der Waals surface area contributed by atoms with Crippen LogP contribution in [0.2, 0.25) is 0 Å². The number of aliphatic hydroxyl groups is 1. The summed E-state index contributed by atoms with van der Waals surface area (Å²) in [6.45, 7) is 0. The number of hydrogen-bond acceptors (Lipinski definition) is 3. The summed E-state index contributed by atoms with van der Waals surface area (Å²) in [5.74, 6) is 0.917. The fourth-order valence-corrected chi connectivity index (χ4v) is 2.68. The van der Waals surface area contributed by atoms with E-state index in [1.165, 1.54) is 25.7 Å². The third-order valence-electron chi connectivity index (χ3n) is 3.66. The average molecular weight is 235 g/mol. The Kier molecular flexibility index (Phi) is 4.37. The molecule has 1 atom stereocenters. The second kappa shape index (κ2) is 6.01. The molecule has 1 unspecified atom stereocenters. The van der Waals surface area contributed by atoms with Crippen molar-refractivity contribution in [3.05, 3.63) is 23.9 Å². The summed E-state index contributed by atoms with van der Waals surface area (Å²) in [6, 6.07) is 3.78. The summed E-state index contributed by atoms with van der Waals surface area (Å²) in [6.07, 6.45) is 8.53. The molecule has 1 heterocycles. The first-order chi connectivity index (χ1) is 8.33. The second-order valence-corrected chi connectivity index (χ2v) is 4.80. The van der Waals surface area contributed by atoms with Gasteiger partial charge in [0.2, 0.25) is 5.88 Å². The van der Waals surface area contributed by atoms with Crippen molar-refractivity contribution >= 4 is 0 Å². The van der Waals surface area contributed by atoms with Crippen LogP contribution < -0.4 is 4.74 Å². The molecule has 0 spiro atoms. The third kappa shape index (κ3) is 2.97. The fraction of sp³-hybridized carbons (Fsp3) is 0.643. The number of rotatable bonds is 3. The fourth-order valence-electron chi connectivity index (χ4n) is 2.68. The van der Waals surface area contributed by atoms with Crippen LogP contribution in [0.4, 0.5) is 0 Å². The third-order valence-corrected chi connectivity index (χ3v) is 3.66. The molecule has 1 N–H and O–H groups in total. The SMILES string of the molecule is COc1ncccc1C(O)C1CCCCCC1. The molecule has 1 fully saturated rings. The smallest absolute Gasteiger partial charge is 0.218 e. The number of ether oxygens (including phenoxy) is 1. The van der Waals surface area contributed by atoms with E-state index in [4.69, 9.17) is 4.74 Å². The first-order valence-electron chi connectivity index (χ1n) is 6.50. The molecule has 1 saturated carbocycles. The topological polar surface area (TPSA) is 42.4 Å². The van der Waals surface area contributed by atoms with Crippen LogP contribution in [0.5, 0.6) is 5.88 Å². The minimum absolute atomic E-state index is 0.357. The molecule has 1 aromatic rings. The molecule has 17 heavy (non-hydrogen) atoms. The monoisotopic (exact) mass is 235 g/mol. The quantitative estimate of drug-likeness (QED) is 0.819. The summed E-state index contributed by atoms with van der Waals surface area (Å²) in [5.41, 5.74) is 0.835. The summed E-state index contributed by atoms with van der Waals surface area (Å²) in [7, 11) is 1.60. The van der Waals surface area contributed by atoms with E-state index in [0.717, 1.165) is 18.4 Å². The highest BCUT2D eigenvalue weighted by Crippen LogP contribution is 2.36. The van der Waals surface area contributed by atoms with E-state index in [0.29, 0.717) is 11.8 Å². The molecule has 1 aromatic heterocycles. The zero-order valence-electron chi connectivity index (χ0n) is 10.4. The maximum absolute atomic E-state index is 10.5. The van der Waals surface area contributed by atoms with Gasteiger partial charge in [-0.05, 0) is 30.9 Å². The van der Waals surface area contributed by atoms with Gasteiger partial charge in [0, 0.05) is 11.8 Å². The van der Waals surface area contributed by atoms with Crippen molar-refractivity contribution in [3.63, 3.8) is 0 Å². The second-order valence-electron chi connectivity index (χ2n) is 4.80. The van der Waals surface area contributed by atoms with Gasteiger partial charge in [0.1, 0.15) is 0 Å². The van der Waals surface area contributed by atoms with Crippen LogP contribution in [0.25, 0.3) is 0 Å². The van der Waals surface area contributed by atoms with Gasteiger partial charge >= 0.3 is 0 Å². The van der Waals surface area contributed by atoms with Crippen LogP contribution >= 0.6 is 0 Å². The van der Waals surface area contributed by atoms with Crippen molar-refractivity contribution in [2.24, 2.45) is 5.92 Å². The van der Waals surface area contributed by atoms with E-state index in [1.807, 2.05) is 12.1 Å². The molecule has 0 aliphatic heterocycles. The lowest BCUT2D eigenvalue weighted by Gasteiger charge is -2.22. The average Bonchev–Trinajstić information content (AvgIpc) is 2.66. The van der Waals surface area contributed by atoms with E-state index in [9.17, 15) is 5.11 Å². The molecule has 0 saturated heterocycles. The molecular weight excluding hydrogens is 214 g/mol. The van der Waals surface area contributed by atoms with Gasteiger partial charge in [-0.3, -0.25) is 0 Å². The van der Waals surface area contributed by atoms with Gasteiger partial charge in [-0.1, -0.05) is 25.7 Å². The van der Waals surface area contributed by atoms with Crippen molar-refractivity contribution in [1.29, 1.82) is 0 Å². The highest BCUT2D eigenvalue weighted by Gasteiger charge is 2.24. The Hall–Kier alpha value is -1.09. The Morgan fingerprint density at radius 3 is 2.65 bits per heavy atom. The lowest BCUT2D eigenvalue weighted by molar-refractivity contribution is 0.0954. The lowest BCUT2D eigenvalue weighted by Crippen LogP contribution is -2.13. The van der Waals surface area contributed by atoms with Crippen molar-refractivity contribution in [3.8, 4) is 5.88 Å². The summed E-state index contributed by atoms with van der Waals surface area (Å²) < 4.78 is 5.22. The zero-order chi connectivity index (χ0) is 12.1. The molecular formula is C14H21NO2. The van der Waals surface area contributed by atoms with Gasteiger partial charge in [0.15, 0.2) is 0 Å². The highest BCUT2D eigenvalue weighted by atomic mass is 16.5. The van der Waals surface area contributed by atoms with E-state index in [-0.39, 0.29) is 0 Å². The Morgan fingerprint density at radius 2 is 2.00 bits per heavy atom. The van der Waals surface area contributed by atoms with Gasteiger partial charge in [-0.15, -0.1) is 0 Å². The van der Waals surface area contributed by atoms with E-state index in [2.05, 4.69) is 4.98 Å². The number of hydrogen-bond donors (Lipinski definition) is 1. The summed E-state index contributed by atoms with van der Waals surface area (Å²) >= 11 is 0. The molecule has 3 heteroatoms. The van der Waals surface area contributed by atoms with Crippen LogP contribution in [0.3, 0.4) is 0 Å². The first kappa shape index (κ1) is 12.4. The molecule has 0 amide bonds. The summed E-state index contributed by atoms with van der Waals surface area (Å²) in [5, 5.41) is 10.5. The van der Waals surface area contributed by atoms with Crippen molar-refractivity contribution in [1.82, 2.24) is 4.98 Å². The number of pyridine rings is 1. The largest absolute Gasteiger partial charge is 0.481 e. The minimum Gasteiger partial charge on any atom is -0.481 e. The molecule has 2 rings (SSSR count). The molecule has 0 aromatic carbocycles. The Balaban J connectivity index is 2.14. The van der Waals surface area contributed by atoms with Gasteiger partial charge in [-0.25, -0.2) is 4.98 Å². The van der Waals surface area contributed by atoms with Crippen LogP contribution in [-0.4, -0.2) is 17.2 Å². The first-order valence-corrected chi connectivity index (χ1v) is 6.50.